The highest BCUT2D eigenvalue weighted by atomic mass is 32.2. The number of β-amino-alcohol motifs (C(OH)–C–C–N with tert-alkyl or cyclic N) is 1. The zero-order chi connectivity index (χ0) is 13.3. The van der Waals surface area contributed by atoms with Crippen molar-refractivity contribution in [2.45, 2.75) is 17.4 Å². The lowest BCUT2D eigenvalue weighted by Crippen LogP contribution is -2.30. The Bertz CT molecular complexity index is 569. The quantitative estimate of drug-likeness (QED) is 0.815. The van der Waals surface area contributed by atoms with Crippen LogP contribution in [0.2, 0.25) is 0 Å². The molecule has 0 aromatic heterocycles. The number of hydrogen-bond acceptors (Lipinski definition) is 4. The minimum Gasteiger partial charge on any atom is -0.478 e. The summed E-state index contributed by atoms with van der Waals surface area (Å²) in [7, 11) is -3.85. The summed E-state index contributed by atoms with van der Waals surface area (Å²) in [6.45, 7) is 0.216. The average Bonchev–Trinajstić information content (AvgIpc) is 2.76. The molecule has 6 nitrogen and oxygen atoms in total. The number of carbonyl (C=O) groups is 1. The number of benzene rings is 1. The minimum absolute atomic E-state index is 0.0102. The molecular formula is C11H13NO5S. The number of aromatic carboxylic acids is 1. The molecule has 1 heterocycles. The van der Waals surface area contributed by atoms with Crippen LogP contribution in [-0.2, 0) is 10.0 Å². The summed E-state index contributed by atoms with van der Waals surface area (Å²) in [6, 6.07) is 5.47. The van der Waals surface area contributed by atoms with E-state index in [1.165, 1.54) is 24.3 Å². The fourth-order valence-electron chi connectivity index (χ4n) is 1.94. The largest absolute Gasteiger partial charge is 0.478 e. The summed E-state index contributed by atoms with van der Waals surface area (Å²) in [5.41, 5.74) is -0.251. The third-order valence-corrected chi connectivity index (χ3v) is 4.78. The van der Waals surface area contributed by atoms with Crippen LogP contribution >= 0.6 is 0 Å². The number of sulfonamides is 1. The highest BCUT2D eigenvalue weighted by molar-refractivity contribution is 7.89. The average molecular weight is 271 g/mol. The first-order valence-electron chi connectivity index (χ1n) is 5.43. The Morgan fingerprint density at radius 3 is 2.56 bits per heavy atom. The Kier molecular flexibility index (Phi) is 3.38. The van der Waals surface area contributed by atoms with Gasteiger partial charge in [0.2, 0.25) is 10.0 Å². The van der Waals surface area contributed by atoms with Crippen molar-refractivity contribution in [1.29, 1.82) is 0 Å². The van der Waals surface area contributed by atoms with Gasteiger partial charge in [-0.3, -0.25) is 0 Å². The molecule has 1 aromatic carbocycles. The minimum atomic E-state index is -3.85. The number of aliphatic hydroxyl groups is 1. The van der Waals surface area contributed by atoms with Crippen LogP contribution in [0.5, 0.6) is 0 Å². The van der Waals surface area contributed by atoms with Crippen molar-refractivity contribution in [3.8, 4) is 0 Å². The van der Waals surface area contributed by atoms with Crippen LogP contribution in [0.25, 0.3) is 0 Å². The van der Waals surface area contributed by atoms with Gasteiger partial charge in [-0.2, -0.15) is 4.31 Å². The lowest BCUT2D eigenvalue weighted by Gasteiger charge is -2.16. The van der Waals surface area contributed by atoms with Gasteiger partial charge in [0.25, 0.3) is 0 Å². The lowest BCUT2D eigenvalue weighted by atomic mass is 10.2. The Hall–Kier alpha value is -1.44. The number of rotatable bonds is 3. The van der Waals surface area contributed by atoms with Gasteiger partial charge in [-0.15, -0.1) is 0 Å². The zero-order valence-electron chi connectivity index (χ0n) is 9.48. The van der Waals surface area contributed by atoms with E-state index in [1.807, 2.05) is 0 Å². The third-order valence-electron chi connectivity index (χ3n) is 2.86. The predicted octanol–water partition coefficient (Wildman–Crippen LogP) is 0.140. The Morgan fingerprint density at radius 2 is 2.00 bits per heavy atom. The van der Waals surface area contributed by atoms with Crippen molar-refractivity contribution in [3.05, 3.63) is 29.8 Å². The monoisotopic (exact) mass is 271 g/mol. The van der Waals surface area contributed by atoms with Crippen molar-refractivity contribution in [1.82, 2.24) is 4.31 Å². The van der Waals surface area contributed by atoms with Crippen molar-refractivity contribution in [2.24, 2.45) is 0 Å². The van der Waals surface area contributed by atoms with E-state index < -0.39 is 22.1 Å². The smallest absolute Gasteiger partial charge is 0.337 e. The van der Waals surface area contributed by atoms with Crippen LogP contribution in [0.1, 0.15) is 16.8 Å². The highest BCUT2D eigenvalue weighted by Gasteiger charge is 2.33. The lowest BCUT2D eigenvalue weighted by molar-refractivity contribution is 0.0692. The topological polar surface area (TPSA) is 94.9 Å². The normalized spacial score (nSPS) is 21.1. The van der Waals surface area contributed by atoms with E-state index in [9.17, 15) is 18.3 Å². The fraction of sp³-hybridized carbons (Fsp3) is 0.364. The van der Waals surface area contributed by atoms with E-state index in [0.717, 1.165) is 4.31 Å². The van der Waals surface area contributed by atoms with Crippen molar-refractivity contribution < 1.29 is 23.4 Å². The molecule has 0 unspecified atom stereocenters. The maximum Gasteiger partial charge on any atom is 0.337 e. The molecule has 7 heteroatoms. The molecule has 0 saturated carbocycles. The van der Waals surface area contributed by atoms with Crippen LogP contribution in [0.4, 0.5) is 0 Å². The van der Waals surface area contributed by atoms with Gasteiger partial charge in [-0.1, -0.05) is 12.1 Å². The van der Waals surface area contributed by atoms with Crippen molar-refractivity contribution in [3.63, 3.8) is 0 Å². The van der Waals surface area contributed by atoms with Crippen LogP contribution < -0.4 is 0 Å². The third kappa shape index (κ3) is 2.24. The van der Waals surface area contributed by atoms with Gasteiger partial charge in [0, 0.05) is 13.1 Å². The van der Waals surface area contributed by atoms with E-state index in [0.29, 0.717) is 6.42 Å². The Labute approximate surface area is 105 Å². The summed E-state index contributed by atoms with van der Waals surface area (Å²) in [4.78, 5) is 10.8. The van der Waals surface area contributed by atoms with Crippen LogP contribution in [0.3, 0.4) is 0 Å². The second-order valence-corrected chi connectivity index (χ2v) is 6.01. The van der Waals surface area contributed by atoms with Crippen molar-refractivity contribution in [2.75, 3.05) is 13.1 Å². The Balaban J connectivity index is 2.45. The molecule has 98 valence electrons. The molecule has 1 aliphatic rings. The SMILES string of the molecule is O=C(O)c1ccccc1S(=O)(=O)N1CC[C@H](O)C1. The number of carboxylic acids is 1. The highest BCUT2D eigenvalue weighted by Crippen LogP contribution is 2.23. The molecule has 1 aromatic rings. The maximum atomic E-state index is 12.3. The van der Waals surface area contributed by atoms with E-state index in [2.05, 4.69) is 0 Å². The summed E-state index contributed by atoms with van der Waals surface area (Å²) >= 11 is 0. The van der Waals surface area contributed by atoms with Gasteiger partial charge < -0.3 is 10.2 Å². The van der Waals surface area contributed by atoms with Crippen LogP contribution in [0.15, 0.2) is 29.2 Å². The summed E-state index contributed by atoms with van der Waals surface area (Å²) in [6.07, 6.45) is -0.314. The molecule has 1 aliphatic heterocycles. The van der Waals surface area contributed by atoms with Gasteiger partial charge in [-0.05, 0) is 18.6 Å². The van der Waals surface area contributed by atoms with Crippen molar-refractivity contribution >= 4 is 16.0 Å². The van der Waals surface area contributed by atoms with Gasteiger partial charge >= 0.3 is 5.97 Å². The van der Waals surface area contributed by atoms with E-state index in [4.69, 9.17) is 5.11 Å². The predicted molar refractivity (Wildman–Crippen MR) is 62.8 cm³/mol. The molecule has 1 fully saturated rings. The number of hydrogen-bond donors (Lipinski definition) is 2. The molecule has 18 heavy (non-hydrogen) atoms. The van der Waals surface area contributed by atoms with E-state index in [-0.39, 0.29) is 23.5 Å². The molecule has 0 amide bonds. The molecule has 1 saturated heterocycles. The second-order valence-electron chi connectivity index (χ2n) is 4.11. The van der Waals surface area contributed by atoms with E-state index in [1.54, 1.807) is 0 Å². The Morgan fingerprint density at radius 1 is 1.33 bits per heavy atom. The molecule has 0 radical (unpaired) electrons. The first-order chi connectivity index (χ1) is 8.43. The summed E-state index contributed by atoms with van der Waals surface area (Å²) in [5.74, 6) is -1.28. The maximum absolute atomic E-state index is 12.3. The van der Waals surface area contributed by atoms with Gasteiger partial charge in [0.15, 0.2) is 0 Å². The fourth-order valence-corrected chi connectivity index (χ4v) is 3.61. The van der Waals surface area contributed by atoms with Crippen LogP contribution in [-0.4, -0.2) is 48.1 Å². The number of aliphatic hydroxyl groups excluding tert-OH is 1. The summed E-state index contributed by atoms with van der Waals surface area (Å²) in [5, 5.41) is 18.4. The first kappa shape index (κ1) is 13.0. The molecule has 0 aliphatic carbocycles. The molecule has 0 spiro atoms. The molecule has 1 atom stereocenters. The molecular weight excluding hydrogens is 258 g/mol. The second kappa shape index (κ2) is 4.68. The number of nitrogens with zero attached hydrogens (tertiary/aromatic N) is 1. The zero-order valence-corrected chi connectivity index (χ0v) is 10.3. The van der Waals surface area contributed by atoms with Gasteiger partial charge in [0.1, 0.15) is 0 Å². The standard InChI is InChI=1S/C11H13NO5S/c13-8-5-6-12(7-8)18(16,17)10-4-2-1-3-9(10)11(14)15/h1-4,8,13H,5-7H2,(H,14,15)/t8-/m0/s1. The first-order valence-corrected chi connectivity index (χ1v) is 6.87. The van der Waals surface area contributed by atoms with E-state index >= 15 is 0 Å². The molecule has 0 bridgehead atoms. The van der Waals surface area contributed by atoms with Gasteiger partial charge in [0.05, 0.1) is 16.6 Å². The van der Waals surface area contributed by atoms with Crippen LogP contribution in [0, 0.1) is 0 Å². The molecule has 2 N–H and O–H groups in total. The van der Waals surface area contributed by atoms with Gasteiger partial charge in [-0.25, -0.2) is 13.2 Å². The summed E-state index contributed by atoms with van der Waals surface area (Å²) < 4.78 is 25.6. The molecule has 2 rings (SSSR count). The number of carboxylic acid groups (broad SMARTS) is 1.